The molecule has 2 aromatic carbocycles. The highest BCUT2D eigenvalue weighted by Gasteiger charge is 2.63. The van der Waals surface area contributed by atoms with Crippen LogP contribution in [-0.4, -0.2) is 112 Å². The van der Waals surface area contributed by atoms with Crippen LogP contribution in [0.15, 0.2) is 46.9 Å². The number of amides is 1. The van der Waals surface area contributed by atoms with E-state index >= 15 is 0 Å². The summed E-state index contributed by atoms with van der Waals surface area (Å²) >= 11 is 0. The molecule has 0 aromatic heterocycles. The van der Waals surface area contributed by atoms with E-state index < -0.39 is 58.0 Å². The number of phenolic OH excluding ortho intramolecular Hbond substituents is 1. The molecule has 3 aliphatic carbocycles. The van der Waals surface area contributed by atoms with E-state index in [9.17, 15) is 34.8 Å². The summed E-state index contributed by atoms with van der Waals surface area (Å²) in [4.78, 5) is 45.8. The maximum absolute atomic E-state index is 14.0. The first-order valence-corrected chi connectivity index (χ1v) is 14.6. The Hall–Kier alpha value is -3.77. The molecule has 1 aliphatic heterocycles. The van der Waals surface area contributed by atoms with Gasteiger partial charge in [-0.2, -0.15) is 0 Å². The third kappa shape index (κ3) is 4.28. The number of aromatic hydroxyl groups is 1. The van der Waals surface area contributed by atoms with Crippen molar-refractivity contribution < 1.29 is 34.8 Å². The number of allylic oxidation sites excluding steroid dienone is 1. The van der Waals surface area contributed by atoms with Crippen molar-refractivity contribution in [2.24, 2.45) is 17.6 Å². The van der Waals surface area contributed by atoms with Crippen molar-refractivity contribution in [1.29, 1.82) is 0 Å². The zero-order valence-electron chi connectivity index (χ0n) is 24.8. The minimum Gasteiger partial charge on any atom is -0.510 e. The molecule has 0 unspecified atom stereocenters. The number of nitrogens with two attached hydrogens (primary N) is 1. The Labute approximate surface area is 249 Å². The van der Waals surface area contributed by atoms with Gasteiger partial charge in [-0.25, -0.2) is 0 Å². The SMILES string of the molecule is CN(C)[C@@H]1CCN(Cc2ccc3cc4c(c(O)c3c2)C(=O)C2=C(O)[C@]3(O)C(=O)C(C(N)=O)=C(O)[C@@H](N(C)C)[C@@H]3C[C@@H]2C4)C1. The Kier molecular flexibility index (Phi) is 6.92. The van der Waals surface area contributed by atoms with Crippen molar-refractivity contribution in [2.75, 3.05) is 41.3 Å². The van der Waals surface area contributed by atoms with Crippen molar-refractivity contribution in [3.05, 3.63) is 63.6 Å². The molecular formula is C32H38N4O7. The molecule has 1 heterocycles. The second-order valence-corrected chi connectivity index (χ2v) is 12.9. The highest BCUT2D eigenvalue weighted by molar-refractivity contribution is 6.25. The molecule has 11 nitrogen and oxygen atoms in total. The second kappa shape index (κ2) is 10.2. The number of fused-ring (bicyclic) bond motifs is 4. The largest absolute Gasteiger partial charge is 0.510 e. The molecule has 1 saturated heterocycles. The van der Waals surface area contributed by atoms with E-state index in [0.29, 0.717) is 23.5 Å². The molecular weight excluding hydrogens is 552 g/mol. The minimum absolute atomic E-state index is 0.0271. The van der Waals surface area contributed by atoms with E-state index in [2.05, 4.69) is 23.9 Å². The average molecular weight is 591 g/mol. The highest BCUT2D eigenvalue weighted by atomic mass is 16.3. The van der Waals surface area contributed by atoms with E-state index in [0.717, 1.165) is 30.5 Å². The van der Waals surface area contributed by atoms with Gasteiger partial charge in [0.05, 0.1) is 11.6 Å². The lowest BCUT2D eigenvalue weighted by Crippen LogP contribution is -2.63. The Bertz CT molecular complexity index is 1640. The predicted molar refractivity (Wildman–Crippen MR) is 159 cm³/mol. The summed E-state index contributed by atoms with van der Waals surface area (Å²) in [5.74, 6) is -6.46. The van der Waals surface area contributed by atoms with Gasteiger partial charge in [0.1, 0.15) is 22.8 Å². The van der Waals surface area contributed by atoms with Crippen LogP contribution in [0.2, 0.25) is 0 Å². The molecule has 0 spiro atoms. The molecule has 0 bridgehead atoms. The first kappa shape index (κ1) is 29.3. The number of carbonyl (C=O) groups is 3. The summed E-state index contributed by atoms with van der Waals surface area (Å²) in [6, 6.07) is 7.19. The van der Waals surface area contributed by atoms with Crippen LogP contribution in [0.25, 0.3) is 10.8 Å². The van der Waals surface area contributed by atoms with Gasteiger partial charge in [0.2, 0.25) is 5.78 Å². The van der Waals surface area contributed by atoms with Crippen molar-refractivity contribution in [2.45, 2.75) is 43.5 Å². The molecule has 228 valence electrons. The van der Waals surface area contributed by atoms with Crippen molar-refractivity contribution >= 4 is 28.2 Å². The highest BCUT2D eigenvalue weighted by Crippen LogP contribution is 2.52. The van der Waals surface area contributed by atoms with Gasteiger partial charge in [-0.3, -0.25) is 24.2 Å². The average Bonchev–Trinajstić information content (AvgIpc) is 3.39. The van der Waals surface area contributed by atoms with Crippen LogP contribution in [0.1, 0.15) is 34.3 Å². The van der Waals surface area contributed by atoms with Gasteiger partial charge in [0.25, 0.3) is 5.91 Å². The van der Waals surface area contributed by atoms with Crippen LogP contribution >= 0.6 is 0 Å². The number of primary amides is 1. The number of hydrogen-bond acceptors (Lipinski definition) is 10. The third-order valence-electron chi connectivity index (χ3n) is 9.98. The lowest BCUT2D eigenvalue weighted by Gasteiger charge is -2.50. The fraction of sp³-hybridized carbons (Fsp3) is 0.469. The predicted octanol–water partition coefficient (Wildman–Crippen LogP) is 1.41. The number of likely N-dealkylation sites (tertiary alicyclic amines) is 1. The summed E-state index contributed by atoms with van der Waals surface area (Å²) < 4.78 is 0. The summed E-state index contributed by atoms with van der Waals surface area (Å²) in [5.41, 5.74) is 3.41. The van der Waals surface area contributed by atoms with Crippen LogP contribution in [0, 0.1) is 11.8 Å². The molecule has 43 heavy (non-hydrogen) atoms. The van der Waals surface area contributed by atoms with Crippen molar-refractivity contribution in [1.82, 2.24) is 14.7 Å². The number of likely N-dealkylation sites (N-methyl/N-ethyl adjacent to an activating group) is 2. The number of benzene rings is 2. The lowest BCUT2D eigenvalue weighted by molar-refractivity contribution is -0.148. The summed E-state index contributed by atoms with van der Waals surface area (Å²) in [6.07, 6.45) is 1.40. The second-order valence-electron chi connectivity index (χ2n) is 12.9. The molecule has 1 amide bonds. The maximum Gasteiger partial charge on any atom is 0.255 e. The topological polar surface area (TPSA) is 168 Å². The number of aliphatic hydroxyl groups is 3. The molecule has 5 atom stereocenters. The van der Waals surface area contributed by atoms with Crippen LogP contribution in [0.4, 0.5) is 0 Å². The summed E-state index contributed by atoms with van der Waals surface area (Å²) in [7, 11) is 7.37. The van der Waals surface area contributed by atoms with Gasteiger partial charge in [-0.15, -0.1) is 0 Å². The monoisotopic (exact) mass is 590 g/mol. The summed E-state index contributed by atoms with van der Waals surface area (Å²) in [5, 5.41) is 46.9. The molecule has 4 aliphatic rings. The van der Waals surface area contributed by atoms with E-state index in [1.165, 1.54) is 4.90 Å². The lowest BCUT2D eigenvalue weighted by atomic mass is 9.58. The number of aliphatic hydroxyl groups excluding tert-OH is 2. The fourth-order valence-electron chi connectivity index (χ4n) is 7.80. The Morgan fingerprint density at radius 2 is 1.81 bits per heavy atom. The van der Waals surface area contributed by atoms with E-state index in [1.54, 1.807) is 14.1 Å². The normalized spacial score (nSPS) is 29.5. The van der Waals surface area contributed by atoms with Gasteiger partial charge < -0.3 is 31.1 Å². The van der Waals surface area contributed by atoms with Gasteiger partial charge >= 0.3 is 0 Å². The quantitative estimate of drug-likeness (QED) is 0.321. The molecule has 6 rings (SSSR count). The van der Waals surface area contributed by atoms with Gasteiger partial charge in [-0.1, -0.05) is 18.2 Å². The van der Waals surface area contributed by atoms with Crippen molar-refractivity contribution in [3.63, 3.8) is 0 Å². The number of Topliss-reactive ketones (excluding diaryl/α,β-unsaturated/α-hetero) is 2. The third-order valence-corrected chi connectivity index (χ3v) is 9.98. The number of nitrogens with zero attached hydrogens (tertiary/aromatic N) is 3. The van der Waals surface area contributed by atoms with Gasteiger partial charge in [-0.05, 0) is 76.0 Å². The number of hydrogen-bond donors (Lipinski definition) is 5. The van der Waals surface area contributed by atoms with Crippen LogP contribution in [0.5, 0.6) is 5.75 Å². The Balaban J connectivity index is 1.42. The van der Waals surface area contributed by atoms with Crippen LogP contribution in [-0.2, 0) is 22.6 Å². The molecule has 6 N–H and O–H groups in total. The zero-order valence-corrected chi connectivity index (χ0v) is 24.8. The number of carbonyl (C=O) groups excluding carboxylic acids is 3. The first-order chi connectivity index (χ1) is 20.2. The van der Waals surface area contributed by atoms with E-state index in [4.69, 9.17) is 5.73 Å². The van der Waals surface area contributed by atoms with Gasteiger partial charge in [0, 0.05) is 42.6 Å². The molecule has 0 radical (unpaired) electrons. The smallest absolute Gasteiger partial charge is 0.255 e. The number of ketones is 2. The van der Waals surface area contributed by atoms with Crippen molar-refractivity contribution in [3.8, 4) is 5.75 Å². The molecule has 2 aromatic rings. The fourth-order valence-corrected chi connectivity index (χ4v) is 7.80. The summed E-state index contributed by atoms with van der Waals surface area (Å²) in [6.45, 7) is 2.60. The van der Waals surface area contributed by atoms with Crippen LogP contribution < -0.4 is 5.73 Å². The molecule has 11 heteroatoms. The number of phenols is 1. The Morgan fingerprint density at radius 1 is 1.09 bits per heavy atom. The first-order valence-electron chi connectivity index (χ1n) is 14.6. The minimum atomic E-state index is -2.65. The zero-order chi connectivity index (χ0) is 31.1. The van der Waals surface area contributed by atoms with E-state index in [1.807, 2.05) is 24.3 Å². The molecule has 0 saturated carbocycles. The Morgan fingerprint density at radius 3 is 2.44 bits per heavy atom. The molecule has 1 fully saturated rings. The van der Waals surface area contributed by atoms with Crippen LogP contribution in [0.3, 0.4) is 0 Å². The van der Waals surface area contributed by atoms with E-state index in [-0.39, 0.29) is 29.7 Å². The number of rotatable bonds is 5. The maximum atomic E-state index is 14.0. The van der Waals surface area contributed by atoms with Gasteiger partial charge in [0.15, 0.2) is 11.4 Å². The standard InChI is InChI=1S/C32H38N4O7/c1-34(2)19-7-8-36(14-19)13-15-5-6-16-10-17-11-18-12-21-25(35(3)4)28(39)24(31(33)42)30(41)32(21,43)29(40)23(18)27(38)22(17)26(37)20(16)9-15/h5-6,9-10,18-19,21,25,37,39-40,43H,7-8,11-14H2,1-4H3,(H2,33,42)/t18-,19+,21-,25-,32-/m0/s1.